The average molecular weight is 429 g/mol. The zero-order valence-electron chi connectivity index (χ0n) is 16.7. The quantitative estimate of drug-likeness (QED) is 0.530. The number of nitriles is 1. The van der Waals surface area contributed by atoms with E-state index in [1.165, 1.54) is 0 Å². The van der Waals surface area contributed by atoms with Crippen LogP contribution in [-0.4, -0.2) is 46.2 Å². The first kappa shape index (κ1) is 19.6. The Kier molecular flexibility index (Phi) is 5.30. The molecule has 7 nitrogen and oxygen atoms in total. The number of rotatable bonds is 4. The summed E-state index contributed by atoms with van der Waals surface area (Å²) >= 11 is 1.62. The van der Waals surface area contributed by atoms with E-state index in [1.807, 2.05) is 24.4 Å². The van der Waals surface area contributed by atoms with Crippen LogP contribution in [0.1, 0.15) is 22.0 Å². The maximum atomic E-state index is 9.20. The third-order valence-electron chi connectivity index (χ3n) is 5.37. The Labute approximate surface area is 183 Å². The topological polar surface area (TPSA) is 101 Å². The van der Waals surface area contributed by atoms with Crippen molar-refractivity contribution in [2.24, 2.45) is 0 Å². The van der Waals surface area contributed by atoms with Crippen molar-refractivity contribution in [3.63, 3.8) is 0 Å². The van der Waals surface area contributed by atoms with E-state index in [0.717, 1.165) is 39.3 Å². The van der Waals surface area contributed by atoms with Crippen LogP contribution in [0.3, 0.4) is 0 Å². The number of morpholine rings is 1. The van der Waals surface area contributed by atoms with Crippen molar-refractivity contribution in [3.05, 3.63) is 70.9 Å². The lowest BCUT2D eigenvalue weighted by atomic mass is 10.0. The summed E-state index contributed by atoms with van der Waals surface area (Å²) in [7, 11) is 0. The number of hydrogen-bond acceptors (Lipinski definition) is 8. The zero-order valence-corrected chi connectivity index (χ0v) is 17.5. The SMILES string of the molecule is N#Cc1cccc(-c2nc(N)c3cc(C(c4cccnc4)N4CCOCC4)sc3n2)c1. The van der Waals surface area contributed by atoms with Gasteiger partial charge in [-0.15, -0.1) is 11.3 Å². The molecule has 2 N–H and O–H groups in total. The molecular formula is C23H20N6OS. The van der Waals surface area contributed by atoms with Crippen LogP contribution in [0.15, 0.2) is 54.9 Å². The molecule has 1 aliphatic heterocycles. The highest BCUT2D eigenvalue weighted by Gasteiger charge is 2.27. The number of fused-ring (bicyclic) bond motifs is 1. The highest BCUT2D eigenvalue weighted by molar-refractivity contribution is 7.18. The first-order chi connectivity index (χ1) is 15.2. The summed E-state index contributed by atoms with van der Waals surface area (Å²) in [5.41, 5.74) is 8.81. The van der Waals surface area contributed by atoms with Crippen molar-refractivity contribution in [1.29, 1.82) is 5.26 Å². The summed E-state index contributed by atoms with van der Waals surface area (Å²) in [5, 5.41) is 10.0. The summed E-state index contributed by atoms with van der Waals surface area (Å²) < 4.78 is 5.56. The number of nitrogens with two attached hydrogens (primary N) is 1. The van der Waals surface area contributed by atoms with Crippen LogP contribution in [0.2, 0.25) is 0 Å². The van der Waals surface area contributed by atoms with E-state index in [-0.39, 0.29) is 6.04 Å². The molecule has 1 unspecified atom stereocenters. The normalized spacial score (nSPS) is 15.6. The first-order valence-corrected chi connectivity index (χ1v) is 10.8. The largest absolute Gasteiger partial charge is 0.383 e. The number of benzene rings is 1. The van der Waals surface area contributed by atoms with Crippen LogP contribution < -0.4 is 5.73 Å². The first-order valence-electron chi connectivity index (χ1n) is 10.0. The fraction of sp³-hybridized carbons (Fsp3) is 0.217. The number of pyridine rings is 1. The molecular weight excluding hydrogens is 408 g/mol. The Morgan fingerprint density at radius 3 is 2.77 bits per heavy atom. The number of thiophene rings is 1. The molecule has 5 rings (SSSR count). The predicted octanol–water partition coefficient (Wildman–Crippen LogP) is 3.63. The summed E-state index contributed by atoms with van der Waals surface area (Å²) in [6, 6.07) is 15.6. The molecule has 0 bridgehead atoms. The molecule has 0 saturated carbocycles. The molecule has 0 aliphatic carbocycles. The number of anilines is 1. The predicted molar refractivity (Wildman–Crippen MR) is 120 cm³/mol. The molecule has 4 heterocycles. The van der Waals surface area contributed by atoms with Gasteiger partial charge in [-0.1, -0.05) is 18.2 Å². The van der Waals surface area contributed by atoms with Gasteiger partial charge in [-0.3, -0.25) is 9.88 Å². The second-order valence-electron chi connectivity index (χ2n) is 7.33. The van der Waals surface area contributed by atoms with Crippen molar-refractivity contribution in [3.8, 4) is 17.5 Å². The van der Waals surface area contributed by atoms with Crippen LogP contribution in [0.25, 0.3) is 21.6 Å². The summed E-state index contributed by atoms with van der Waals surface area (Å²) in [6.45, 7) is 3.12. The average Bonchev–Trinajstić information content (AvgIpc) is 3.25. The summed E-state index contributed by atoms with van der Waals surface area (Å²) in [4.78, 5) is 18.0. The summed E-state index contributed by atoms with van der Waals surface area (Å²) in [5.74, 6) is 0.969. The molecule has 154 valence electrons. The van der Waals surface area contributed by atoms with E-state index in [1.54, 1.807) is 29.7 Å². The van der Waals surface area contributed by atoms with Crippen molar-refractivity contribution < 1.29 is 4.74 Å². The summed E-state index contributed by atoms with van der Waals surface area (Å²) in [6.07, 6.45) is 3.70. The van der Waals surface area contributed by atoms with Gasteiger partial charge in [-0.25, -0.2) is 9.97 Å². The number of nitrogens with zero attached hydrogens (tertiary/aromatic N) is 5. The molecule has 0 amide bonds. The Balaban J connectivity index is 1.60. The van der Waals surface area contributed by atoms with Crippen molar-refractivity contribution >= 4 is 27.4 Å². The van der Waals surface area contributed by atoms with Crippen LogP contribution in [0, 0.1) is 11.3 Å². The van der Waals surface area contributed by atoms with Crippen LogP contribution in [0.5, 0.6) is 0 Å². The molecule has 1 fully saturated rings. The third-order valence-corrected chi connectivity index (χ3v) is 6.45. The Morgan fingerprint density at radius 2 is 2.00 bits per heavy atom. The second kappa shape index (κ2) is 8.40. The molecule has 4 aromatic rings. The van der Waals surface area contributed by atoms with Crippen molar-refractivity contribution in [2.45, 2.75) is 6.04 Å². The monoisotopic (exact) mass is 428 g/mol. The Hall–Kier alpha value is -3.38. The van der Waals surface area contributed by atoms with Crippen molar-refractivity contribution in [1.82, 2.24) is 19.9 Å². The van der Waals surface area contributed by atoms with E-state index in [0.29, 0.717) is 30.4 Å². The third kappa shape index (κ3) is 3.86. The maximum absolute atomic E-state index is 9.20. The molecule has 1 atom stereocenters. The van der Waals surface area contributed by atoms with Gasteiger partial charge < -0.3 is 10.5 Å². The minimum absolute atomic E-state index is 0.0570. The molecule has 0 spiro atoms. The second-order valence-corrected chi connectivity index (χ2v) is 8.39. The number of aromatic nitrogens is 3. The van der Waals surface area contributed by atoms with Crippen LogP contribution in [-0.2, 0) is 4.74 Å². The van der Waals surface area contributed by atoms with Gasteiger partial charge in [0.1, 0.15) is 10.6 Å². The lowest BCUT2D eigenvalue weighted by molar-refractivity contribution is 0.0245. The number of ether oxygens (including phenoxy) is 1. The minimum atomic E-state index is 0.0570. The highest BCUT2D eigenvalue weighted by atomic mass is 32.1. The highest BCUT2D eigenvalue weighted by Crippen LogP contribution is 2.38. The lowest BCUT2D eigenvalue weighted by Gasteiger charge is -2.34. The van der Waals surface area contributed by atoms with Gasteiger partial charge in [-0.2, -0.15) is 5.26 Å². The van der Waals surface area contributed by atoms with Gasteiger partial charge in [0.05, 0.1) is 36.3 Å². The van der Waals surface area contributed by atoms with Gasteiger partial charge >= 0.3 is 0 Å². The van der Waals surface area contributed by atoms with Crippen LogP contribution >= 0.6 is 11.3 Å². The smallest absolute Gasteiger partial charge is 0.163 e. The van der Waals surface area contributed by atoms with Gasteiger partial charge in [0, 0.05) is 35.9 Å². The van der Waals surface area contributed by atoms with Gasteiger partial charge in [0.15, 0.2) is 5.82 Å². The van der Waals surface area contributed by atoms with E-state index in [2.05, 4.69) is 33.1 Å². The Morgan fingerprint density at radius 1 is 1.13 bits per heavy atom. The molecule has 0 radical (unpaired) electrons. The molecule has 8 heteroatoms. The van der Waals surface area contributed by atoms with E-state index in [9.17, 15) is 5.26 Å². The lowest BCUT2D eigenvalue weighted by Crippen LogP contribution is -2.39. The molecule has 1 saturated heterocycles. The number of hydrogen-bond donors (Lipinski definition) is 1. The van der Waals surface area contributed by atoms with Gasteiger partial charge in [0.2, 0.25) is 0 Å². The maximum Gasteiger partial charge on any atom is 0.163 e. The van der Waals surface area contributed by atoms with Crippen LogP contribution in [0.4, 0.5) is 5.82 Å². The van der Waals surface area contributed by atoms with E-state index < -0.39 is 0 Å². The molecule has 1 aliphatic rings. The fourth-order valence-electron chi connectivity index (χ4n) is 3.88. The fourth-order valence-corrected chi connectivity index (χ4v) is 5.08. The van der Waals surface area contributed by atoms with E-state index in [4.69, 9.17) is 15.5 Å². The van der Waals surface area contributed by atoms with Gasteiger partial charge in [-0.05, 0) is 29.8 Å². The Bertz CT molecular complexity index is 1260. The standard InChI is InChI=1S/C23H20N6OS/c24-13-15-3-1-4-16(11-15)22-27-21(25)18-12-19(31-23(18)28-22)20(17-5-2-6-26-14-17)29-7-9-30-10-8-29/h1-6,11-12,14,20H,7-10H2,(H2,25,27,28). The van der Waals surface area contributed by atoms with Gasteiger partial charge in [0.25, 0.3) is 0 Å². The molecule has 1 aromatic carbocycles. The molecule has 3 aromatic heterocycles. The number of nitrogen functional groups attached to an aromatic ring is 1. The van der Waals surface area contributed by atoms with Crippen molar-refractivity contribution in [2.75, 3.05) is 32.0 Å². The minimum Gasteiger partial charge on any atom is -0.383 e. The molecule has 31 heavy (non-hydrogen) atoms. The van der Waals surface area contributed by atoms with E-state index >= 15 is 0 Å². The zero-order chi connectivity index (χ0) is 21.2.